The Hall–Kier alpha value is -2.07. The summed E-state index contributed by atoms with van der Waals surface area (Å²) in [4.78, 5) is 18.6. The Kier molecular flexibility index (Phi) is 4.81. The van der Waals surface area contributed by atoms with Gasteiger partial charge in [-0.15, -0.1) is 0 Å². The molecule has 1 N–H and O–H groups in total. The molecule has 0 aliphatic heterocycles. The molecule has 0 aliphatic rings. The number of carbonyl (C=O) groups excluding carboxylic acids is 1. The summed E-state index contributed by atoms with van der Waals surface area (Å²) in [5, 5.41) is 9.85. The van der Waals surface area contributed by atoms with Gasteiger partial charge in [-0.2, -0.15) is 0 Å². The summed E-state index contributed by atoms with van der Waals surface area (Å²) in [6.07, 6.45) is 0. The molecule has 0 spiro atoms. The van der Waals surface area contributed by atoms with Gasteiger partial charge < -0.3 is 10.0 Å². The van der Waals surface area contributed by atoms with Crippen LogP contribution in [0.2, 0.25) is 5.02 Å². The largest absolute Gasteiger partial charge is 0.508 e. The topological polar surface area (TPSA) is 53.4 Å². The number of aryl methyl sites for hydroxylation is 1. The highest BCUT2D eigenvalue weighted by Gasteiger charge is 2.18. The lowest BCUT2D eigenvalue weighted by molar-refractivity contribution is 0.0750. The first-order valence-electron chi connectivity index (χ1n) is 6.71. The summed E-state index contributed by atoms with van der Waals surface area (Å²) in [5.41, 5.74) is 2.03. The molecule has 5 heteroatoms. The number of amides is 1. The highest BCUT2D eigenvalue weighted by molar-refractivity contribution is 6.33. The van der Waals surface area contributed by atoms with Crippen LogP contribution in [0.25, 0.3) is 0 Å². The van der Waals surface area contributed by atoms with Crippen molar-refractivity contribution in [2.45, 2.75) is 20.4 Å². The van der Waals surface area contributed by atoms with Gasteiger partial charge in [-0.05, 0) is 44.2 Å². The molecule has 0 radical (unpaired) electrons. The van der Waals surface area contributed by atoms with E-state index < -0.39 is 0 Å². The zero-order valence-corrected chi connectivity index (χ0v) is 12.8. The lowest BCUT2D eigenvalue weighted by Gasteiger charge is -2.21. The van der Waals surface area contributed by atoms with Crippen molar-refractivity contribution in [2.24, 2.45) is 0 Å². The van der Waals surface area contributed by atoms with Crippen molar-refractivity contribution in [3.8, 4) is 5.75 Å². The third-order valence-corrected chi connectivity index (χ3v) is 3.48. The van der Waals surface area contributed by atoms with Gasteiger partial charge in [0.1, 0.15) is 5.75 Å². The molecular weight excluding hydrogens is 288 g/mol. The van der Waals surface area contributed by atoms with Crippen molar-refractivity contribution in [2.75, 3.05) is 6.54 Å². The highest BCUT2D eigenvalue weighted by atomic mass is 35.5. The van der Waals surface area contributed by atoms with Crippen LogP contribution in [-0.2, 0) is 6.54 Å². The molecule has 1 heterocycles. The summed E-state index contributed by atoms with van der Waals surface area (Å²) in [6, 6.07) is 10.1. The minimum atomic E-state index is -0.221. The highest BCUT2D eigenvalue weighted by Crippen LogP contribution is 2.23. The first-order chi connectivity index (χ1) is 10.0. The number of pyridine rings is 1. The fraction of sp³-hybridized carbons (Fsp3) is 0.250. The predicted octanol–water partition coefficient (Wildman–Crippen LogP) is 3.41. The van der Waals surface area contributed by atoms with Crippen molar-refractivity contribution in [3.63, 3.8) is 0 Å². The van der Waals surface area contributed by atoms with Gasteiger partial charge in [0.2, 0.25) is 0 Å². The van der Waals surface area contributed by atoms with E-state index in [1.54, 1.807) is 4.90 Å². The Bertz CT molecular complexity index is 658. The third kappa shape index (κ3) is 3.73. The Labute approximate surface area is 129 Å². The van der Waals surface area contributed by atoms with E-state index >= 15 is 0 Å². The number of nitrogens with zero attached hydrogens (tertiary/aromatic N) is 2. The van der Waals surface area contributed by atoms with Crippen LogP contribution in [0.4, 0.5) is 0 Å². The van der Waals surface area contributed by atoms with Crippen molar-refractivity contribution in [1.29, 1.82) is 0 Å². The molecule has 0 aliphatic carbocycles. The molecule has 1 aromatic carbocycles. The van der Waals surface area contributed by atoms with Gasteiger partial charge in [0.25, 0.3) is 5.91 Å². The summed E-state index contributed by atoms with van der Waals surface area (Å²) >= 11 is 6.05. The lowest BCUT2D eigenvalue weighted by atomic mass is 10.1. The van der Waals surface area contributed by atoms with Crippen LogP contribution in [0, 0.1) is 6.92 Å². The van der Waals surface area contributed by atoms with E-state index in [1.807, 2.05) is 32.0 Å². The van der Waals surface area contributed by atoms with E-state index in [-0.39, 0.29) is 11.7 Å². The molecule has 0 saturated heterocycles. The van der Waals surface area contributed by atoms with E-state index in [0.717, 1.165) is 11.4 Å². The zero-order chi connectivity index (χ0) is 15.4. The van der Waals surface area contributed by atoms with Crippen LogP contribution in [-0.4, -0.2) is 27.4 Å². The van der Waals surface area contributed by atoms with Gasteiger partial charge in [-0.1, -0.05) is 17.7 Å². The van der Waals surface area contributed by atoms with E-state index in [4.69, 9.17) is 11.6 Å². The van der Waals surface area contributed by atoms with Crippen LogP contribution >= 0.6 is 11.6 Å². The fourth-order valence-electron chi connectivity index (χ4n) is 2.06. The molecule has 110 valence electrons. The Morgan fingerprint density at radius 3 is 2.76 bits per heavy atom. The second kappa shape index (κ2) is 6.59. The number of phenols is 1. The maximum absolute atomic E-state index is 12.5. The van der Waals surface area contributed by atoms with Gasteiger partial charge in [0, 0.05) is 12.2 Å². The molecule has 2 rings (SSSR count). The van der Waals surface area contributed by atoms with Crippen molar-refractivity contribution >= 4 is 17.5 Å². The number of aromatic hydroxyl groups is 1. The number of benzene rings is 1. The molecule has 2 aromatic rings. The molecule has 21 heavy (non-hydrogen) atoms. The quantitative estimate of drug-likeness (QED) is 0.941. The van der Waals surface area contributed by atoms with Crippen LogP contribution in [0.15, 0.2) is 36.4 Å². The molecule has 0 fully saturated rings. The van der Waals surface area contributed by atoms with Gasteiger partial charge in [-0.3, -0.25) is 9.78 Å². The third-order valence-electron chi connectivity index (χ3n) is 3.15. The van der Waals surface area contributed by atoms with Crippen LogP contribution in [0.5, 0.6) is 5.75 Å². The minimum absolute atomic E-state index is 0.0208. The Morgan fingerprint density at radius 1 is 1.33 bits per heavy atom. The molecule has 0 unspecified atom stereocenters. The second-order valence-electron chi connectivity index (χ2n) is 4.75. The number of hydrogen-bond donors (Lipinski definition) is 1. The Balaban J connectivity index is 2.24. The number of aromatic nitrogens is 1. The van der Waals surface area contributed by atoms with Crippen LogP contribution < -0.4 is 0 Å². The fourth-order valence-corrected chi connectivity index (χ4v) is 2.26. The predicted molar refractivity (Wildman–Crippen MR) is 82.5 cm³/mol. The standard InChI is InChI=1S/C16H17ClN2O2/c1-3-19(10-12-6-4-5-11(2)18-12)16(21)14-9-13(20)7-8-15(14)17/h4-9,20H,3,10H2,1-2H3. The number of halogens is 1. The van der Waals surface area contributed by atoms with Crippen molar-refractivity contribution < 1.29 is 9.90 Å². The number of rotatable bonds is 4. The first-order valence-corrected chi connectivity index (χ1v) is 7.09. The lowest BCUT2D eigenvalue weighted by Crippen LogP contribution is -2.30. The maximum Gasteiger partial charge on any atom is 0.255 e. The molecule has 1 amide bonds. The van der Waals surface area contributed by atoms with Gasteiger partial charge in [0.05, 0.1) is 22.8 Å². The summed E-state index contributed by atoms with van der Waals surface area (Å²) < 4.78 is 0. The van der Waals surface area contributed by atoms with Crippen molar-refractivity contribution in [3.05, 3.63) is 58.4 Å². The molecule has 0 atom stereocenters. The van der Waals surface area contributed by atoms with Gasteiger partial charge in [-0.25, -0.2) is 0 Å². The molecule has 0 saturated carbocycles. The number of carbonyl (C=O) groups is 1. The summed E-state index contributed by atoms with van der Waals surface area (Å²) in [7, 11) is 0. The molecule has 4 nitrogen and oxygen atoms in total. The van der Waals surface area contributed by atoms with Crippen LogP contribution in [0.1, 0.15) is 28.7 Å². The normalized spacial score (nSPS) is 10.4. The monoisotopic (exact) mass is 304 g/mol. The van der Waals surface area contributed by atoms with Gasteiger partial charge in [0.15, 0.2) is 0 Å². The zero-order valence-electron chi connectivity index (χ0n) is 12.0. The van der Waals surface area contributed by atoms with Crippen LogP contribution in [0.3, 0.4) is 0 Å². The molecule has 1 aromatic heterocycles. The van der Waals surface area contributed by atoms with E-state index in [2.05, 4.69) is 4.98 Å². The van der Waals surface area contributed by atoms with Gasteiger partial charge >= 0.3 is 0 Å². The molecular formula is C16H17ClN2O2. The number of phenolic OH excluding ortho intramolecular Hbond substituents is 1. The SMILES string of the molecule is CCN(Cc1cccc(C)n1)C(=O)c1cc(O)ccc1Cl. The smallest absolute Gasteiger partial charge is 0.255 e. The summed E-state index contributed by atoms with van der Waals surface area (Å²) in [6.45, 7) is 4.74. The average molecular weight is 305 g/mol. The minimum Gasteiger partial charge on any atom is -0.508 e. The number of hydrogen-bond acceptors (Lipinski definition) is 3. The van der Waals surface area contributed by atoms with E-state index in [9.17, 15) is 9.90 Å². The average Bonchev–Trinajstić information content (AvgIpc) is 2.46. The maximum atomic E-state index is 12.5. The van der Waals surface area contributed by atoms with E-state index in [1.165, 1.54) is 18.2 Å². The second-order valence-corrected chi connectivity index (χ2v) is 5.16. The van der Waals surface area contributed by atoms with Crippen molar-refractivity contribution in [1.82, 2.24) is 9.88 Å². The molecule has 0 bridgehead atoms. The first kappa shape index (κ1) is 15.3. The Morgan fingerprint density at radius 2 is 2.10 bits per heavy atom. The van der Waals surface area contributed by atoms with E-state index in [0.29, 0.717) is 23.7 Å². The summed E-state index contributed by atoms with van der Waals surface area (Å²) in [5.74, 6) is -0.200.